The molecule has 0 bridgehead atoms. The Morgan fingerprint density at radius 3 is 1.82 bits per heavy atom. The van der Waals surface area contributed by atoms with Gasteiger partial charge in [0.15, 0.2) is 11.6 Å². The number of benzene rings is 1. The van der Waals surface area contributed by atoms with Crippen molar-refractivity contribution in [3.05, 3.63) is 35.9 Å². The summed E-state index contributed by atoms with van der Waals surface area (Å²) < 4.78 is -1.72. The summed E-state index contributed by atoms with van der Waals surface area (Å²) in [4.78, 5) is 21.0. The normalized spacial score (nSPS) is 10.2. The van der Waals surface area contributed by atoms with Crippen molar-refractivity contribution in [1.82, 2.24) is 0 Å². The maximum atomic E-state index is 10.9. The molecule has 1 aromatic carbocycles. The molecule has 0 unspecified atom stereocenters. The molecule has 1 rings (SSSR count). The van der Waals surface area contributed by atoms with Crippen LogP contribution in [0.3, 0.4) is 0 Å². The summed E-state index contributed by atoms with van der Waals surface area (Å²) in [5.74, 6) is -0.427. The Hall–Kier alpha value is -0.280. The minimum atomic E-state index is -1.72. The Labute approximate surface area is 120 Å². The minimum Gasteiger partial charge on any atom is -0.295 e. The van der Waals surface area contributed by atoms with Crippen molar-refractivity contribution in [2.75, 3.05) is 5.88 Å². The number of carbonyl (C=O) groups is 2. The highest BCUT2D eigenvalue weighted by Crippen LogP contribution is 2.26. The van der Waals surface area contributed by atoms with E-state index in [9.17, 15) is 9.59 Å². The molecule has 0 spiro atoms. The standard InChI is InChI=1S/C8H7ClO.C3H3Cl3O/c9-6-8(10)7-4-2-1-3-5-7;1-2(7)3(4,5)6/h1-5H,6H2;1H3. The van der Waals surface area contributed by atoms with Crippen molar-refractivity contribution >= 4 is 58.0 Å². The number of rotatable bonds is 2. The predicted octanol–water partition coefficient (Wildman–Crippen LogP) is 4.05. The van der Waals surface area contributed by atoms with Gasteiger partial charge in [0.2, 0.25) is 3.79 Å². The Morgan fingerprint density at radius 1 is 1.12 bits per heavy atom. The zero-order chi connectivity index (χ0) is 13.5. The molecule has 0 N–H and O–H groups in total. The van der Waals surface area contributed by atoms with Crippen molar-refractivity contribution < 1.29 is 9.59 Å². The Bertz CT molecular complexity index is 371. The van der Waals surface area contributed by atoms with Crippen LogP contribution in [-0.4, -0.2) is 21.2 Å². The third-order valence-corrected chi connectivity index (χ3v) is 2.66. The van der Waals surface area contributed by atoms with Gasteiger partial charge in [0.25, 0.3) is 0 Å². The lowest BCUT2D eigenvalue weighted by Gasteiger charge is -2.01. The second-order valence-electron chi connectivity index (χ2n) is 2.98. The Balaban J connectivity index is 0.000000325. The fourth-order valence-electron chi connectivity index (χ4n) is 0.701. The zero-order valence-electron chi connectivity index (χ0n) is 8.92. The van der Waals surface area contributed by atoms with Crippen LogP contribution in [0.15, 0.2) is 30.3 Å². The lowest BCUT2D eigenvalue weighted by Crippen LogP contribution is -2.13. The van der Waals surface area contributed by atoms with Crippen LogP contribution in [0.2, 0.25) is 0 Å². The van der Waals surface area contributed by atoms with Gasteiger partial charge in [-0.2, -0.15) is 0 Å². The molecule has 2 nitrogen and oxygen atoms in total. The smallest absolute Gasteiger partial charge is 0.248 e. The average molecular weight is 316 g/mol. The summed E-state index contributed by atoms with van der Waals surface area (Å²) in [6.45, 7) is 1.22. The first kappa shape index (κ1) is 16.7. The number of carbonyl (C=O) groups excluding carboxylic acids is 2. The Morgan fingerprint density at radius 2 is 1.53 bits per heavy atom. The van der Waals surface area contributed by atoms with Gasteiger partial charge >= 0.3 is 0 Å². The van der Waals surface area contributed by atoms with E-state index in [-0.39, 0.29) is 11.7 Å². The van der Waals surface area contributed by atoms with E-state index in [0.29, 0.717) is 5.56 Å². The molecule has 0 aliphatic heterocycles. The van der Waals surface area contributed by atoms with Crippen LogP contribution in [0, 0.1) is 0 Å². The van der Waals surface area contributed by atoms with Crippen LogP contribution in [0.4, 0.5) is 0 Å². The first-order chi connectivity index (χ1) is 7.79. The number of ketones is 2. The van der Waals surface area contributed by atoms with Crippen LogP contribution in [0.5, 0.6) is 0 Å². The largest absolute Gasteiger partial charge is 0.295 e. The van der Waals surface area contributed by atoms with Gasteiger partial charge in [-0.05, 0) is 6.92 Å². The van der Waals surface area contributed by atoms with Crippen molar-refractivity contribution in [2.24, 2.45) is 0 Å². The number of hydrogen-bond donors (Lipinski definition) is 0. The van der Waals surface area contributed by atoms with Gasteiger partial charge in [0, 0.05) is 5.56 Å². The monoisotopic (exact) mass is 314 g/mol. The highest BCUT2D eigenvalue weighted by Gasteiger charge is 2.25. The lowest BCUT2D eigenvalue weighted by molar-refractivity contribution is -0.116. The fourth-order valence-corrected chi connectivity index (χ4v) is 0.856. The first-order valence-corrected chi connectivity index (χ1v) is 6.18. The third kappa shape index (κ3) is 7.61. The highest BCUT2D eigenvalue weighted by atomic mass is 35.6. The maximum absolute atomic E-state index is 10.9. The van der Waals surface area contributed by atoms with Crippen molar-refractivity contribution in [3.63, 3.8) is 0 Å². The van der Waals surface area contributed by atoms with Gasteiger partial charge in [-0.3, -0.25) is 9.59 Å². The SMILES string of the molecule is CC(=O)C(Cl)(Cl)Cl.O=C(CCl)c1ccccc1. The van der Waals surface area contributed by atoms with E-state index in [1.165, 1.54) is 6.92 Å². The number of halogens is 4. The number of hydrogen-bond acceptors (Lipinski definition) is 2. The van der Waals surface area contributed by atoms with E-state index in [0.717, 1.165) is 0 Å². The molecule has 0 heterocycles. The van der Waals surface area contributed by atoms with E-state index in [1.807, 2.05) is 18.2 Å². The molecular formula is C11H10Cl4O2. The summed E-state index contributed by atoms with van der Waals surface area (Å²) in [6.07, 6.45) is 0. The van der Waals surface area contributed by atoms with Gasteiger partial charge in [0.1, 0.15) is 0 Å². The van der Waals surface area contributed by atoms with E-state index in [2.05, 4.69) is 0 Å². The number of Topliss-reactive ketones (excluding diaryl/α,β-unsaturated/α-hetero) is 2. The topological polar surface area (TPSA) is 34.1 Å². The van der Waals surface area contributed by atoms with E-state index >= 15 is 0 Å². The van der Waals surface area contributed by atoms with Gasteiger partial charge in [-0.1, -0.05) is 65.1 Å². The van der Waals surface area contributed by atoms with Crippen LogP contribution in [-0.2, 0) is 4.79 Å². The molecule has 0 atom stereocenters. The zero-order valence-corrected chi connectivity index (χ0v) is 11.9. The van der Waals surface area contributed by atoms with Crippen molar-refractivity contribution in [3.8, 4) is 0 Å². The quantitative estimate of drug-likeness (QED) is 0.609. The molecule has 0 fully saturated rings. The van der Waals surface area contributed by atoms with Gasteiger partial charge in [-0.25, -0.2) is 0 Å². The third-order valence-electron chi connectivity index (χ3n) is 1.62. The summed E-state index contributed by atoms with van der Waals surface area (Å²) in [6, 6.07) is 9.01. The molecular weight excluding hydrogens is 306 g/mol. The summed E-state index contributed by atoms with van der Waals surface area (Å²) >= 11 is 20.5. The maximum Gasteiger partial charge on any atom is 0.248 e. The van der Waals surface area contributed by atoms with Gasteiger partial charge in [-0.15, -0.1) is 11.6 Å². The molecule has 0 saturated carbocycles. The molecule has 0 aliphatic rings. The minimum absolute atomic E-state index is 0.0257. The number of alkyl halides is 4. The molecule has 0 amide bonds. The van der Waals surface area contributed by atoms with Gasteiger partial charge in [0.05, 0.1) is 5.88 Å². The fraction of sp³-hybridized carbons (Fsp3) is 0.273. The average Bonchev–Trinajstić information content (AvgIpc) is 2.28. The molecule has 0 radical (unpaired) electrons. The van der Waals surface area contributed by atoms with Crippen molar-refractivity contribution in [2.45, 2.75) is 10.7 Å². The molecule has 6 heteroatoms. The molecule has 0 saturated heterocycles. The van der Waals surface area contributed by atoms with Crippen molar-refractivity contribution in [1.29, 1.82) is 0 Å². The highest BCUT2D eigenvalue weighted by molar-refractivity contribution is 6.76. The van der Waals surface area contributed by atoms with E-state index in [1.54, 1.807) is 12.1 Å². The van der Waals surface area contributed by atoms with Crippen LogP contribution in [0.25, 0.3) is 0 Å². The summed E-state index contributed by atoms with van der Waals surface area (Å²) in [5, 5.41) is 0. The van der Waals surface area contributed by atoms with Crippen LogP contribution in [0.1, 0.15) is 17.3 Å². The van der Waals surface area contributed by atoms with E-state index in [4.69, 9.17) is 46.4 Å². The molecule has 0 aliphatic carbocycles. The van der Waals surface area contributed by atoms with Crippen LogP contribution >= 0.6 is 46.4 Å². The first-order valence-electron chi connectivity index (χ1n) is 4.51. The summed E-state index contributed by atoms with van der Waals surface area (Å²) in [7, 11) is 0. The molecule has 0 aromatic heterocycles. The lowest BCUT2D eigenvalue weighted by atomic mass is 10.2. The predicted molar refractivity (Wildman–Crippen MR) is 72.5 cm³/mol. The van der Waals surface area contributed by atoms with Gasteiger partial charge < -0.3 is 0 Å². The Kier molecular flexibility index (Phi) is 7.80. The summed E-state index contributed by atoms with van der Waals surface area (Å²) in [5.41, 5.74) is 0.678. The molecule has 94 valence electrons. The van der Waals surface area contributed by atoms with Crippen LogP contribution < -0.4 is 0 Å². The molecule has 1 aromatic rings. The second kappa shape index (κ2) is 7.93. The van der Waals surface area contributed by atoms with E-state index < -0.39 is 9.58 Å². The second-order valence-corrected chi connectivity index (χ2v) is 5.53. The molecule has 17 heavy (non-hydrogen) atoms.